The van der Waals surface area contributed by atoms with Crippen LogP contribution in [0.25, 0.3) is 0 Å². The fourth-order valence-corrected chi connectivity index (χ4v) is 3.13. The van der Waals surface area contributed by atoms with Gasteiger partial charge in [-0.2, -0.15) is 0 Å². The number of epoxide rings is 1. The van der Waals surface area contributed by atoms with Gasteiger partial charge in [0.15, 0.2) is 0 Å². The van der Waals surface area contributed by atoms with Gasteiger partial charge in [0.05, 0.1) is 24.2 Å². The second kappa shape index (κ2) is 6.25. The third kappa shape index (κ3) is 3.71. The van der Waals surface area contributed by atoms with Crippen LogP contribution in [0.3, 0.4) is 0 Å². The number of ether oxygens (including phenoxy) is 2. The summed E-state index contributed by atoms with van der Waals surface area (Å²) in [4.78, 5) is 12.0. The molecule has 3 heteroatoms. The van der Waals surface area contributed by atoms with Gasteiger partial charge in [-0.15, -0.1) is 0 Å². The van der Waals surface area contributed by atoms with Crippen LogP contribution in [0.2, 0.25) is 0 Å². The molecule has 1 heterocycles. The molecule has 0 aromatic carbocycles. The second-order valence-electron chi connectivity index (χ2n) is 6.44. The summed E-state index contributed by atoms with van der Waals surface area (Å²) in [5.74, 6) is 0.625. The van der Waals surface area contributed by atoms with Crippen LogP contribution < -0.4 is 0 Å². The molecular weight excluding hydrogens is 240 g/mol. The fraction of sp³-hybridized carbons (Fsp3) is 0.938. The Morgan fingerprint density at radius 3 is 2.89 bits per heavy atom. The molecule has 0 aromatic heterocycles. The van der Waals surface area contributed by atoms with E-state index in [1.54, 1.807) is 0 Å². The van der Waals surface area contributed by atoms with E-state index in [0.717, 1.165) is 44.9 Å². The van der Waals surface area contributed by atoms with Crippen LogP contribution >= 0.6 is 0 Å². The lowest BCUT2D eigenvalue weighted by Gasteiger charge is -2.23. The van der Waals surface area contributed by atoms with E-state index in [1.807, 2.05) is 0 Å². The maximum atomic E-state index is 12.0. The molecule has 0 aromatic rings. The Hall–Kier alpha value is -0.570. The monoisotopic (exact) mass is 268 g/mol. The summed E-state index contributed by atoms with van der Waals surface area (Å²) in [6.07, 6.45) is 7.87. The first kappa shape index (κ1) is 14.8. The largest absolute Gasteiger partial charge is 0.465 e. The van der Waals surface area contributed by atoms with Crippen molar-refractivity contribution in [3.05, 3.63) is 0 Å². The van der Waals surface area contributed by atoms with E-state index in [2.05, 4.69) is 20.8 Å². The predicted molar refractivity (Wildman–Crippen MR) is 74.9 cm³/mol. The van der Waals surface area contributed by atoms with Gasteiger partial charge in [0.2, 0.25) is 0 Å². The van der Waals surface area contributed by atoms with E-state index >= 15 is 0 Å². The van der Waals surface area contributed by atoms with Crippen molar-refractivity contribution >= 4 is 5.97 Å². The first-order valence-electron chi connectivity index (χ1n) is 7.93. The lowest BCUT2D eigenvalue weighted by atomic mass is 9.83. The summed E-state index contributed by atoms with van der Waals surface area (Å²) in [5.41, 5.74) is 0.160. The zero-order valence-electron chi connectivity index (χ0n) is 12.6. The van der Waals surface area contributed by atoms with E-state index in [-0.39, 0.29) is 17.5 Å². The van der Waals surface area contributed by atoms with Gasteiger partial charge in [0, 0.05) is 0 Å². The molecule has 1 saturated heterocycles. The molecule has 19 heavy (non-hydrogen) atoms. The van der Waals surface area contributed by atoms with Crippen molar-refractivity contribution in [1.29, 1.82) is 0 Å². The van der Waals surface area contributed by atoms with E-state index in [1.165, 1.54) is 0 Å². The Labute approximate surface area is 117 Å². The summed E-state index contributed by atoms with van der Waals surface area (Å²) in [5, 5.41) is 0. The van der Waals surface area contributed by atoms with Gasteiger partial charge in [0.25, 0.3) is 0 Å². The molecule has 1 aliphatic heterocycles. The molecule has 2 fully saturated rings. The Kier molecular flexibility index (Phi) is 4.88. The number of carbonyl (C=O) groups is 1. The summed E-state index contributed by atoms with van der Waals surface area (Å²) < 4.78 is 11.2. The molecule has 1 aliphatic carbocycles. The summed E-state index contributed by atoms with van der Waals surface area (Å²) >= 11 is 0. The van der Waals surface area contributed by atoms with Crippen molar-refractivity contribution in [1.82, 2.24) is 0 Å². The van der Waals surface area contributed by atoms with Gasteiger partial charge in [-0.05, 0) is 44.9 Å². The van der Waals surface area contributed by atoms with Crippen molar-refractivity contribution in [2.75, 3.05) is 6.61 Å². The number of hydrogen-bond donors (Lipinski definition) is 0. The molecular formula is C16H28O3. The number of rotatable bonds is 7. The molecule has 0 radical (unpaired) electrons. The molecule has 0 N–H and O–H groups in total. The van der Waals surface area contributed by atoms with Crippen molar-refractivity contribution in [2.24, 2.45) is 11.8 Å². The molecule has 4 atom stereocenters. The average molecular weight is 268 g/mol. The van der Waals surface area contributed by atoms with Crippen molar-refractivity contribution in [2.45, 2.75) is 77.4 Å². The van der Waals surface area contributed by atoms with Gasteiger partial charge in [-0.3, -0.25) is 4.79 Å². The summed E-state index contributed by atoms with van der Waals surface area (Å²) in [6, 6.07) is 0. The standard InChI is InChI=1S/C16H28O3/c1-4-6-7-13(5-2)15(17)18-11-12-8-9-16(3)14(10-12)19-16/h12-14H,4-11H2,1-3H3. The molecule has 2 aliphatic rings. The summed E-state index contributed by atoms with van der Waals surface area (Å²) in [7, 11) is 0. The van der Waals surface area contributed by atoms with E-state index in [0.29, 0.717) is 18.6 Å². The average Bonchev–Trinajstić information content (AvgIpc) is 3.08. The Morgan fingerprint density at radius 1 is 1.47 bits per heavy atom. The fourth-order valence-electron chi connectivity index (χ4n) is 3.13. The minimum atomic E-state index is 0.0148. The van der Waals surface area contributed by atoms with Crippen molar-refractivity contribution < 1.29 is 14.3 Å². The molecule has 4 unspecified atom stereocenters. The number of esters is 1. The van der Waals surface area contributed by atoms with Crippen LogP contribution in [0.4, 0.5) is 0 Å². The minimum Gasteiger partial charge on any atom is -0.465 e. The molecule has 2 rings (SSSR count). The second-order valence-corrected chi connectivity index (χ2v) is 6.44. The van der Waals surface area contributed by atoms with Gasteiger partial charge in [-0.1, -0.05) is 26.7 Å². The summed E-state index contributed by atoms with van der Waals surface area (Å²) in [6.45, 7) is 7.02. The van der Waals surface area contributed by atoms with Crippen molar-refractivity contribution in [3.8, 4) is 0 Å². The highest BCUT2D eigenvalue weighted by Gasteiger charge is 2.55. The number of fused-ring (bicyclic) bond motifs is 1. The highest BCUT2D eigenvalue weighted by molar-refractivity contribution is 5.72. The normalized spacial score (nSPS) is 34.5. The number of unbranched alkanes of at least 4 members (excludes halogenated alkanes) is 1. The Bertz CT molecular complexity index is 315. The first-order valence-corrected chi connectivity index (χ1v) is 7.93. The highest BCUT2D eigenvalue weighted by atomic mass is 16.6. The van der Waals surface area contributed by atoms with Gasteiger partial charge < -0.3 is 9.47 Å². The number of carbonyl (C=O) groups excluding carboxylic acids is 1. The van der Waals surface area contributed by atoms with Crippen LogP contribution in [0.5, 0.6) is 0 Å². The van der Waals surface area contributed by atoms with Gasteiger partial charge >= 0.3 is 5.97 Å². The van der Waals surface area contributed by atoms with Gasteiger partial charge in [0.1, 0.15) is 0 Å². The van der Waals surface area contributed by atoms with Crippen LogP contribution in [0.1, 0.15) is 65.7 Å². The Morgan fingerprint density at radius 2 is 2.26 bits per heavy atom. The number of hydrogen-bond acceptors (Lipinski definition) is 3. The van der Waals surface area contributed by atoms with Crippen LogP contribution in [-0.2, 0) is 14.3 Å². The minimum absolute atomic E-state index is 0.0148. The smallest absolute Gasteiger partial charge is 0.308 e. The van der Waals surface area contributed by atoms with Gasteiger partial charge in [-0.25, -0.2) is 0 Å². The first-order chi connectivity index (χ1) is 9.09. The van der Waals surface area contributed by atoms with Crippen LogP contribution in [0.15, 0.2) is 0 Å². The predicted octanol–water partition coefficient (Wildman–Crippen LogP) is 3.70. The third-order valence-corrected chi connectivity index (χ3v) is 4.83. The van der Waals surface area contributed by atoms with E-state index in [4.69, 9.17) is 9.47 Å². The molecule has 1 saturated carbocycles. The SMILES string of the molecule is CCCCC(CC)C(=O)OCC1CCC2(C)OC2C1. The molecule has 0 spiro atoms. The lowest BCUT2D eigenvalue weighted by molar-refractivity contribution is -0.150. The van der Waals surface area contributed by atoms with E-state index < -0.39 is 0 Å². The Balaban J connectivity index is 1.68. The molecule has 3 nitrogen and oxygen atoms in total. The molecule has 0 amide bonds. The topological polar surface area (TPSA) is 38.8 Å². The molecule has 0 bridgehead atoms. The third-order valence-electron chi connectivity index (χ3n) is 4.83. The van der Waals surface area contributed by atoms with Crippen LogP contribution in [0, 0.1) is 11.8 Å². The zero-order valence-corrected chi connectivity index (χ0v) is 12.6. The highest BCUT2D eigenvalue weighted by Crippen LogP contribution is 2.49. The van der Waals surface area contributed by atoms with E-state index in [9.17, 15) is 4.79 Å². The molecule has 110 valence electrons. The lowest BCUT2D eigenvalue weighted by Crippen LogP contribution is -2.26. The quantitative estimate of drug-likeness (QED) is 0.522. The van der Waals surface area contributed by atoms with Crippen LogP contribution in [-0.4, -0.2) is 24.3 Å². The maximum Gasteiger partial charge on any atom is 0.308 e. The zero-order chi connectivity index (χ0) is 13.9. The van der Waals surface area contributed by atoms with Crippen molar-refractivity contribution in [3.63, 3.8) is 0 Å². The maximum absolute atomic E-state index is 12.0.